The first-order valence-electron chi connectivity index (χ1n) is 23.4. The molecule has 66 heavy (non-hydrogen) atoms. The van der Waals surface area contributed by atoms with Gasteiger partial charge >= 0.3 is 12.2 Å². The van der Waals surface area contributed by atoms with Crippen LogP contribution in [0, 0.1) is 24.7 Å². The quantitative estimate of drug-likeness (QED) is 0.126. The number of Topliss-reactive ketones (excluding diaryl/α,β-unsaturated/α-hetero) is 1. The van der Waals surface area contributed by atoms with Gasteiger partial charge in [-0.1, -0.05) is 36.4 Å². The van der Waals surface area contributed by atoms with Crippen LogP contribution < -0.4 is 16.0 Å². The van der Waals surface area contributed by atoms with E-state index in [1.807, 2.05) is 121 Å². The van der Waals surface area contributed by atoms with Crippen molar-refractivity contribution < 1.29 is 33.4 Å². The molecule has 0 bridgehead atoms. The summed E-state index contributed by atoms with van der Waals surface area (Å²) in [6, 6.07) is 21.3. The molecule has 14 heteroatoms. The van der Waals surface area contributed by atoms with Gasteiger partial charge in [0.05, 0.1) is 5.69 Å². The van der Waals surface area contributed by atoms with E-state index < -0.39 is 23.2 Å². The Bertz CT molecular complexity index is 2420. The summed E-state index contributed by atoms with van der Waals surface area (Å²) in [5, 5.41) is 13.5. The van der Waals surface area contributed by atoms with Gasteiger partial charge in [0.25, 0.3) is 5.91 Å². The molecule has 2 aliphatic heterocycles. The van der Waals surface area contributed by atoms with Gasteiger partial charge in [-0.05, 0) is 157 Å². The van der Waals surface area contributed by atoms with Crippen LogP contribution in [0.3, 0.4) is 0 Å². The number of amides is 4. The van der Waals surface area contributed by atoms with E-state index in [0.717, 1.165) is 52.2 Å². The second kappa shape index (κ2) is 20.5. The Balaban J connectivity index is 0.986. The number of piperidine rings is 1. The zero-order chi connectivity index (χ0) is 47.2. The minimum Gasteiger partial charge on any atom is -0.444 e. The van der Waals surface area contributed by atoms with E-state index in [-0.39, 0.29) is 48.0 Å². The first-order valence-corrected chi connectivity index (χ1v) is 23.4. The van der Waals surface area contributed by atoms with Crippen LogP contribution in [-0.4, -0.2) is 87.2 Å². The average Bonchev–Trinajstić information content (AvgIpc) is 3.96. The number of nitrogens with zero attached hydrogens (tertiary/aromatic N) is 4. The number of rotatable bonds is 12. The number of benzene rings is 3. The van der Waals surface area contributed by atoms with Crippen LogP contribution in [0.4, 0.5) is 21.0 Å². The number of aliphatic imine (C=N–C) groups is 1. The molecule has 3 heterocycles. The lowest BCUT2D eigenvalue weighted by atomic mass is 9.77. The molecule has 0 spiro atoms. The number of carbonyl (C=O) groups excluding carboxylic acids is 5. The van der Waals surface area contributed by atoms with E-state index in [1.165, 1.54) is 0 Å². The first kappa shape index (κ1) is 47.6. The van der Waals surface area contributed by atoms with Gasteiger partial charge in [-0.3, -0.25) is 14.4 Å². The summed E-state index contributed by atoms with van der Waals surface area (Å²) in [5.74, 6) is 0.00626. The SMILES string of the molecule is Cc1cc(C(=O)NC2CCN(C(=O)OC(C)(C)C)CC2)ccc1-c1ccc(C[C@H](CC(=O)C2CCC(CNC(=O)OC(C)(C)C)CC2)C(=O)Nc2ccc3c(c2)N=C(n2cccn2)C3)cc1. The van der Waals surface area contributed by atoms with E-state index in [0.29, 0.717) is 69.4 Å². The zero-order valence-corrected chi connectivity index (χ0v) is 39.4. The van der Waals surface area contributed by atoms with Gasteiger partial charge in [-0.25, -0.2) is 19.3 Å². The predicted molar refractivity (Wildman–Crippen MR) is 255 cm³/mol. The van der Waals surface area contributed by atoms with Crippen LogP contribution in [0.1, 0.15) is 114 Å². The van der Waals surface area contributed by atoms with Crippen molar-refractivity contribution >= 4 is 47.0 Å². The summed E-state index contributed by atoms with van der Waals surface area (Å²) in [5.41, 5.74) is 5.72. The molecule has 1 aliphatic carbocycles. The topological polar surface area (TPSA) is 173 Å². The number of alkyl carbamates (subject to hydrolysis) is 1. The average molecular weight is 900 g/mol. The molecule has 350 valence electrons. The van der Waals surface area contributed by atoms with Crippen molar-refractivity contribution in [1.82, 2.24) is 25.3 Å². The van der Waals surface area contributed by atoms with Crippen molar-refractivity contribution in [2.75, 3.05) is 25.0 Å². The number of anilines is 1. The van der Waals surface area contributed by atoms with E-state index >= 15 is 0 Å². The van der Waals surface area contributed by atoms with Gasteiger partial charge in [-0.15, -0.1) is 0 Å². The Labute approximate surface area is 388 Å². The minimum atomic E-state index is -0.615. The highest BCUT2D eigenvalue weighted by Gasteiger charge is 2.32. The van der Waals surface area contributed by atoms with E-state index in [1.54, 1.807) is 15.8 Å². The van der Waals surface area contributed by atoms with Crippen LogP contribution in [0.25, 0.3) is 11.1 Å². The summed E-state index contributed by atoms with van der Waals surface area (Å²) >= 11 is 0. The lowest BCUT2D eigenvalue weighted by Crippen LogP contribution is -2.47. The van der Waals surface area contributed by atoms with Crippen molar-refractivity contribution in [1.29, 1.82) is 0 Å². The second-order valence-corrected chi connectivity index (χ2v) is 20.1. The van der Waals surface area contributed by atoms with Crippen LogP contribution >= 0.6 is 0 Å². The summed E-state index contributed by atoms with van der Waals surface area (Å²) in [6.07, 6.45) is 8.26. The Kier molecular flexibility index (Phi) is 14.8. The number of hydrogen-bond donors (Lipinski definition) is 3. The number of nitrogens with one attached hydrogen (secondary N) is 3. The van der Waals surface area contributed by atoms with Crippen molar-refractivity contribution in [2.24, 2.45) is 22.7 Å². The maximum Gasteiger partial charge on any atom is 0.410 e. The number of ketones is 1. The predicted octanol–water partition coefficient (Wildman–Crippen LogP) is 9.21. The monoisotopic (exact) mass is 899 g/mol. The summed E-state index contributed by atoms with van der Waals surface area (Å²) < 4.78 is 12.6. The van der Waals surface area contributed by atoms with Gasteiger partial charge in [0.1, 0.15) is 22.8 Å². The van der Waals surface area contributed by atoms with Gasteiger partial charge in [0.2, 0.25) is 5.91 Å². The molecule has 7 rings (SSSR count). The van der Waals surface area contributed by atoms with Crippen molar-refractivity contribution in [2.45, 2.75) is 123 Å². The van der Waals surface area contributed by atoms with E-state index in [2.05, 4.69) is 21.0 Å². The maximum absolute atomic E-state index is 14.2. The van der Waals surface area contributed by atoms with Crippen LogP contribution in [0.15, 0.2) is 84.1 Å². The maximum atomic E-state index is 14.2. The molecular formula is C52H65N7O7. The Morgan fingerprint density at radius 2 is 1.55 bits per heavy atom. The van der Waals surface area contributed by atoms with Gasteiger partial charge in [0.15, 0.2) is 0 Å². The molecular weight excluding hydrogens is 835 g/mol. The molecule has 3 N–H and O–H groups in total. The summed E-state index contributed by atoms with van der Waals surface area (Å²) in [7, 11) is 0. The molecule has 1 saturated carbocycles. The summed E-state index contributed by atoms with van der Waals surface area (Å²) in [6.45, 7) is 14.6. The number of aryl methyl sites for hydroxylation is 1. The molecule has 0 radical (unpaired) electrons. The second-order valence-electron chi connectivity index (χ2n) is 20.1. The lowest BCUT2D eigenvalue weighted by Gasteiger charge is -2.33. The molecule has 4 aromatic rings. The molecule has 0 unspecified atom stereocenters. The number of fused-ring (bicyclic) bond motifs is 1. The normalized spacial score (nSPS) is 18.1. The first-order chi connectivity index (χ1) is 31.4. The number of aromatic nitrogens is 2. The van der Waals surface area contributed by atoms with Crippen LogP contribution in [0.2, 0.25) is 0 Å². The standard InChI is InChI=1S/C52H65N7O7/c1-33-27-39(47(61)55-41-21-25-58(26-22-41)50(64)66-52(5,6)7)18-20-43(33)36-13-9-34(10-14-36)28-40(29-45(60)37-15-11-35(12-16-37)32-53-49(63)65-51(2,3)4)48(62)56-42-19-17-38-30-46(57-44(38)31-42)59-24-8-23-54-59/h8-10,13-14,17-20,23-24,27,31,35,37,40-41H,11-12,15-16,21-22,25-26,28-30,32H2,1-7H3,(H,53,63)(H,55,61)(H,56,62)/t35?,37?,40-/m1/s1. The fourth-order valence-corrected chi connectivity index (χ4v) is 8.97. The molecule has 1 atom stereocenters. The number of carbonyl (C=O) groups is 5. The molecule has 3 aliphatic rings. The summed E-state index contributed by atoms with van der Waals surface area (Å²) in [4.78, 5) is 72.7. The number of hydrogen-bond acceptors (Lipinski definition) is 9. The molecule has 1 saturated heterocycles. The zero-order valence-electron chi connectivity index (χ0n) is 39.4. The van der Waals surface area contributed by atoms with Crippen molar-refractivity contribution in [3.63, 3.8) is 0 Å². The third-order valence-corrected chi connectivity index (χ3v) is 12.5. The third-order valence-electron chi connectivity index (χ3n) is 12.5. The Morgan fingerprint density at radius 3 is 2.20 bits per heavy atom. The Hall–Kier alpha value is -6.31. The number of likely N-dealkylation sites (tertiary alicyclic amines) is 1. The van der Waals surface area contributed by atoms with Crippen molar-refractivity contribution in [3.05, 3.63) is 101 Å². The fraction of sp³-hybridized carbons (Fsp3) is 0.481. The molecule has 4 amide bonds. The highest BCUT2D eigenvalue weighted by atomic mass is 16.6. The third kappa shape index (κ3) is 12.9. The number of ether oxygens (including phenoxy) is 2. The van der Waals surface area contributed by atoms with Crippen LogP contribution in [-0.2, 0) is 31.9 Å². The minimum absolute atomic E-state index is 0.0383. The molecule has 3 aromatic carbocycles. The van der Waals surface area contributed by atoms with E-state index in [4.69, 9.17) is 14.5 Å². The van der Waals surface area contributed by atoms with Crippen LogP contribution in [0.5, 0.6) is 0 Å². The van der Waals surface area contributed by atoms with Gasteiger partial charge in [-0.2, -0.15) is 5.10 Å². The fourth-order valence-electron chi connectivity index (χ4n) is 8.97. The van der Waals surface area contributed by atoms with Gasteiger partial charge < -0.3 is 30.3 Å². The van der Waals surface area contributed by atoms with Crippen molar-refractivity contribution in [3.8, 4) is 11.1 Å². The Morgan fingerprint density at radius 1 is 0.833 bits per heavy atom. The lowest BCUT2D eigenvalue weighted by molar-refractivity contribution is -0.129. The van der Waals surface area contributed by atoms with Gasteiger partial charge in [0, 0.05) is 74.0 Å². The highest BCUT2D eigenvalue weighted by Crippen LogP contribution is 2.34. The smallest absolute Gasteiger partial charge is 0.410 e. The van der Waals surface area contributed by atoms with E-state index in [9.17, 15) is 24.0 Å². The molecule has 2 fully saturated rings. The largest absolute Gasteiger partial charge is 0.444 e. The highest BCUT2D eigenvalue weighted by molar-refractivity contribution is 5.98. The molecule has 1 aromatic heterocycles. The molecule has 14 nitrogen and oxygen atoms in total.